The first-order valence-corrected chi connectivity index (χ1v) is 13.2. The zero-order chi connectivity index (χ0) is 24.7. The summed E-state index contributed by atoms with van der Waals surface area (Å²) >= 11 is 9.61. The van der Waals surface area contributed by atoms with Gasteiger partial charge in [-0.05, 0) is 54.8 Å². The van der Waals surface area contributed by atoms with E-state index in [0.717, 1.165) is 15.6 Å². The molecule has 0 radical (unpaired) electrons. The zero-order valence-electron chi connectivity index (χ0n) is 18.9. The summed E-state index contributed by atoms with van der Waals surface area (Å²) in [7, 11) is -2.54. The van der Waals surface area contributed by atoms with Crippen LogP contribution in [0.4, 0.5) is 0 Å². The van der Waals surface area contributed by atoms with E-state index < -0.39 is 15.9 Å². The molecular weight excluding hydrogens is 540 g/mol. The van der Waals surface area contributed by atoms with E-state index in [9.17, 15) is 13.2 Å². The molecule has 0 aliphatic carbocycles. The van der Waals surface area contributed by atoms with Gasteiger partial charge in [-0.3, -0.25) is 4.79 Å². The molecule has 1 N–H and O–H groups in total. The van der Waals surface area contributed by atoms with Crippen molar-refractivity contribution in [2.75, 3.05) is 20.2 Å². The first-order valence-electron chi connectivity index (χ1n) is 10.6. The summed E-state index contributed by atoms with van der Waals surface area (Å²) in [6.45, 7) is 1.66. The molecule has 0 aromatic heterocycles. The minimum Gasteiger partial charge on any atom is -0.495 e. The minimum atomic E-state index is -4.00. The van der Waals surface area contributed by atoms with Gasteiger partial charge in [0.15, 0.2) is 0 Å². The van der Waals surface area contributed by atoms with Crippen LogP contribution in [0.3, 0.4) is 0 Å². The highest BCUT2D eigenvalue weighted by molar-refractivity contribution is 9.10. The van der Waals surface area contributed by atoms with Crippen molar-refractivity contribution in [1.29, 1.82) is 0 Å². The number of halogens is 2. The van der Waals surface area contributed by atoms with E-state index in [1.807, 2.05) is 61.5 Å². The van der Waals surface area contributed by atoms with Crippen LogP contribution in [0, 0.1) is 0 Å². The molecule has 6 nitrogen and oxygen atoms in total. The van der Waals surface area contributed by atoms with Crippen LogP contribution in [0.5, 0.6) is 5.75 Å². The summed E-state index contributed by atoms with van der Waals surface area (Å²) in [4.78, 5) is 12.9. The Balaban J connectivity index is 1.82. The van der Waals surface area contributed by atoms with Crippen LogP contribution in [0.2, 0.25) is 5.02 Å². The van der Waals surface area contributed by atoms with Crippen LogP contribution in [0.25, 0.3) is 0 Å². The maximum atomic E-state index is 13.5. The highest BCUT2D eigenvalue weighted by Crippen LogP contribution is 2.28. The second-order valence-corrected chi connectivity index (χ2v) is 11.0. The second kappa shape index (κ2) is 11.8. The van der Waals surface area contributed by atoms with Gasteiger partial charge in [0, 0.05) is 11.0 Å². The molecule has 0 aliphatic heterocycles. The highest BCUT2D eigenvalue weighted by atomic mass is 79.9. The molecule has 0 bridgehead atoms. The van der Waals surface area contributed by atoms with Crippen molar-refractivity contribution in [3.63, 3.8) is 0 Å². The molecule has 0 saturated heterocycles. The molecule has 0 heterocycles. The Morgan fingerprint density at radius 2 is 1.82 bits per heavy atom. The first-order chi connectivity index (χ1) is 16.2. The van der Waals surface area contributed by atoms with E-state index in [4.69, 9.17) is 16.3 Å². The van der Waals surface area contributed by atoms with Crippen molar-refractivity contribution in [1.82, 2.24) is 9.62 Å². The fourth-order valence-electron chi connectivity index (χ4n) is 3.45. The van der Waals surface area contributed by atoms with E-state index in [-0.39, 0.29) is 29.0 Å². The Morgan fingerprint density at radius 3 is 2.47 bits per heavy atom. The van der Waals surface area contributed by atoms with Gasteiger partial charge in [0.2, 0.25) is 15.9 Å². The Hall–Kier alpha value is -2.39. The molecule has 0 aliphatic rings. The monoisotopic (exact) mass is 564 g/mol. The lowest BCUT2D eigenvalue weighted by Crippen LogP contribution is -2.42. The van der Waals surface area contributed by atoms with E-state index in [1.54, 1.807) is 0 Å². The first kappa shape index (κ1) is 26.2. The smallest absolute Gasteiger partial charge is 0.243 e. The average Bonchev–Trinajstić information content (AvgIpc) is 2.82. The van der Waals surface area contributed by atoms with Crippen molar-refractivity contribution in [2.45, 2.75) is 24.3 Å². The molecular formula is C25H26BrClN2O4S. The van der Waals surface area contributed by atoms with Crippen molar-refractivity contribution < 1.29 is 17.9 Å². The standard InChI is InChI=1S/C25H26BrClN2O4S/c1-18(20-9-6-10-21(26)15-20)28-25(30)17-29(14-13-19-7-4-3-5-8-19)34(31,32)22-11-12-24(33-2)23(27)16-22/h3-12,15-16,18H,13-14,17H2,1-2H3,(H,28,30)/t18-/m0/s1. The fourth-order valence-corrected chi connectivity index (χ4v) is 5.61. The van der Waals surface area contributed by atoms with E-state index >= 15 is 0 Å². The summed E-state index contributed by atoms with van der Waals surface area (Å²) < 4.78 is 34.2. The van der Waals surface area contributed by atoms with Gasteiger partial charge in [-0.25, -0.2) is 8.42 Å². The topological polar surface area (TPSA) is 75.7 Å². The molecule has 3 aromatic rings. The predicted molar refractivity (Wildman–Crippen MR) is 138 cm³/mol. The lowest BCUT2D eigenvalue weighted by atomic mass is 10.1. The van der Waals surface area contributed by atoms with Crippen LogP contribution < -0.4 is 10.1 Å². The quantitative estimate of drug-likeness (QED) is 0.366. The summed E-state index contributed by atoms with van der Waals surface area (Å²) in [6.07, 6.45) is 0.457. The number of carbonyl (C=O) groups excluding carboxylic acids is 1. The molecule has 180 valence electrons. The lowest BCUT2D eigenvalue weighted by Gasteiger charge is -2.23. The molecule has 1 atom stereocenters. The molecule has 3 rings (SSSR count). The third kappa shape index (κ3) is 6.82. The number of methoxy groups -OCH3 is 1. The van der Waals surface area contributed by atoms with Gasteiger partial charge in [-0.2, -0.15) is 4.31 Å². The van der Waals surface area contributed by atoms with Crippen molar-refractivity contribution in [3.8, 4) is 5.75 Å². The maximum absolute atomic E-state index is 13.5. The second-order valence-electron chi connectivity index (χ2n) is 7.71. The summed E-state index contributed by atoms with van der Waals surface area (Å²) in [5, 5.41) is 3.07. The molecule has 0 fully saturated rings. The zero-order valence-corrected chi connectivity index (χ0v) is 22.0. The van der Waals surface area contributed by atoms with Crippen molar-refractivity contribution >= 4 is 43.5 Å². The van der Waals surface area contributed by atoms with E-state index in [2.05, 4.69) is 21.2 Å². The number of benzene rings is 3. The number of nitrogens with one attached hydrogen (secondary N) is 1. The van der Waals surface area contributed by atoms with Crippen molar-refractivity contribution in [2.24, 2.45) is 0 Å². The van der Waals surface area contributed by atoms with Crippen LogP contribution in [-0.2, 0) is 21.2 Å². The molecule has 3 aromatic carbocycles. The van der Waals surface area contributed by atoms with Gasteiger partial charge >= 0.3 is 0 Å². The maximum Gasteiger partial charge on any atom is 0.243 e. The Bertz CT molecular complexity index is 1240. The normalized spacial score (nSPS) is 12.4. The van der Waals surface area contributed by atoms with Gasteiger partial charge < -0.3 is 10.1 Å². The number of ether oxygens (including phenoxy) is 1. The number of carbonyl (C=O) groups is 1. The SMILES string of the molecule is COc1ccc(S(=O)(=O)N(CCc2ccccc2)CC(=O)N[C@@H](C)c2cccc(Br)c2)cc1Cl. The Kier molecular flexibility index (Phi) is 9.13. The highest BCUT2D eigenvalue weighted by Gasteiger charge is 2.28. The largest absolute Gasteiger partial charge is 0.495 e. The number of nitrogens with zero attached hydrogens (tertiary/aromatic N) is 1. The van der Waals surface area contributed by atoms with E-state index in [0.29, 0.717) is 12.2 Å². The van der Waals surface area contributed by atoms with Crippen LogP contribution in [0.1, 0.15) is 24.1 Å². The molecule has 34 heavy (non-hydrogen) atoms. The summed E-state index contributed by atoms with van der Waals surface area (Å²) in [5.41, 5.74) is 1.88. The summed E-state index contributed by atoms with van der Waals surface area (Å²) in [5.74, 6) is -0.0271. The lowest BCUT2D eigenvalue weighted by molar-refractivity contribution is -0.121. The Labute approximate surface area is 214 Å². The number of hydrogen-bond donors (Lipinski definition) is 1. The minimum absolute atomic E-state index is 0.000741. The van der Waals surface area contributed by atoms with Gasteiger partial charge in [0.05, 0.1) is 29.6 Å². The molecule has 0 saturated carbocycles. The van der Waals surface area contributed by atoms with Gasteiger partial charge in [-0.1, -0.05) is 70.0 Å². The summed E-state index contributed by atoms with van der Waals surface area (Å²) in [6, 6.07) is 21.1. The van der Waals surface area contributed by atoms with Crippen LogP contribution >= 0.6 is 27.5 Å². The third-order valence-corrected chi connectivity index (χ3v) is 7.93. The predicted octanol–water partition coefficient (Wildman–Crippen LogP) is 5.22. The van der Waals surface area contributed by atoms with Crippen LogP contribution in [0.15, 0.2) is 82.2 Å². The number of hydrogen-bond acceptors (Lipinski definition) is 4. The van der Waals surface area contributed by atoms with Gasteiger partial charge in [0.1, 0.15) is 5.75 Å². The number of amides is 1. The Morgan fingerprint density at radius 1 is 1.09 bits per heavy atom. The molecule has 1 amide bonds. The molecule has 0 unspecified atom stereocenters. The number of sulfonamides is 1. The number of rotatable bonds is 10. The molecule has 0 spiro atoms. The molecule has 9 heteroatoms. The van der Waals surface area contributed by atoms with Crippen molar-refractivity contribution in [3.05, 3.63) is 93.4 Å². The van der Waals surface area contributed by atoms with Gasteiger partial charge in [-0.15, -0.1) is 0 Å². The van der Waals surface area contributed by atoms with Gasteiger partial charge in [0.25, 0.3) is 0 Å². The third-order valence-electron chi connectivity index (χ3n) is 5.30. The fraction of sp³-hybridized carbons (Fsp3) is 0.240. The average molecular weight is 566 g/mol. The van der Waals surface area contributed by atoms with E-state index in [1.165, 1.54) is 29.6 Å². The van der Waals surface area contributed by atoms with Crippen LogP contribution in [-0.4, -0.2) is 38.8 Å².